The fourth-order valence-electron chi connectivity index (χ4n) is 2.96. The van der Waals surface area contributed by atoms with Gasteiger partial charge in [0.25, 0.3) is 5.91 Å². The molecule has 0 unspecified atom stereocenters. The van der Waals surface area contributed by atoms with Crippen LogP contribution >= 0.6 is 0 Å². The van der Waals surface area contributed by atoms with Crippen LogP contribution in [0.2, 0.25) is 0 Å². The third-order valence-corrected chi connectivity index (χ3v) is 4.63. The number of nitrogens with zero attached hydrogens (tertiary/aromatic N) is 2. The van der Waals surface area contributed by atoms with Crippen LogP contribution in [0.3, 0.4) is 0 Å². The van der Waals surface area contributed by atoms with Crippen LogP contribution in [-0.4, -0.2) is 33.6 Å². The Hall–Kier alpha value is -3.04. The summed E-state index contributed by atoms with van der Waals surface area (Å²) in [6.45, 7) is -0.314. The number of hydroxylamine groups is 1. The van der Waals surface area contributed by atoms with Gasteiger partial charge in [0, 0.05) is 6.20 Å². The zero-order chi connectivity index (χ0) is 19.7. The van der Waals surface area contributed by atoms with Crippen LogP contribution < -0.4 is 10.8 Å². The van der Waals surface area contributed by atoms with Crippen molar-refractivity contribution in [3.63, 3.8) is 0 Å². The fourth-order valence-corrected chi connectivity index (χ4v) is 2.96. The molecular weight excluding hydrogens is 370 g/mol. The van der Waals surface area contributed by atoms with Gasteiger partial charge in [0.2, 0.25) is 0 Å². The second-order valence-corrected chi connectivity index (χ2v) is 6.58. The molecule has 4 rings (SSSR count). The van der Waals surface area contributed by atoms with Crippen molar-refractivity contribution in [2.24, 2.45) is 0 Å². The first-order chi connectivity index (χ1) is 13.5. The molecule has 3 aromatic rings. The van der Waals surface area contributed by atoms with Gasteiger partial charge >= 0.3 is 0 Å². The van der Waals surface area contributed by atoms with Crippen LogP contribution in [0.5, 0.6) is 0 Å². The number of fused-ring (bicyclic) bond motifs is 1. The Balaban J connectivity index is 1.68. The van der Waals surface area contributed by atoms with Gasteiger partial charge in [-0.05, 0) is 36.6 Å². The lowest BCUT2D eigenvalue weighted by Crippen LogP contribution is -2.26. The molecule has 1 amide bonds. The quantitative estimate of drug-likeness (QED) is 0.428. The van der Waals surface area contributed by atoms with Crippen molar-refractivity contribution >= 4 is 22.8 Å². The predicted octanol–water partition coefficient (Wildman–Crippen LogP) is 2.83. The number of amides is 1. The number of aliphatic hydroxyl groups is 1. The molecule has 0 radical (unpaired) electrons. The Morgan fingerprint density at radius 1 is 1.36 bits per heavy atom. The normalized spacial score (nSPS) is 14.8. The van der Waals surface area contributed by atoms with E-state index in [1.165, 1.54) is 24.4 Å². The smallest absolute Gasteiger partial charge is 0.277 e. The van der Waals surface area contributed by atoms with Crippen LogP contribution in [0.15, 0.2) is 43.0 Å². The summed E-state index contributed by atoms with van der Waals surface area (Å²) in [7, 11) is 0. The Bertz CT molecular complexity index is 1030. The number of hydrogen-bond donors (Lipinski definition) is 3. The number of aliphatic hydroxyl groups excluding tert-OH is 1. The lowest BCUT2D eigenvalue weighted by atomic mass is 10.1. The first-order valence-electron chi connectivity index (χ1n) is 8.75. The van der Waals surface area contributed by atoms with E-state index in [1.807, 2.05) is 0 Å². The Kier molecular flexibility index (Phi) is 4.70. The van der Waals surface area contributed by atoms with Gasteiger partial charge in [-0.2, -0.15) is 0 Å². The molecule has 1 saturated carbocycles. The van der Waals surface area contributed by atoms with Gasteiger partial charge in [-0.1, -0.05) is 6.07 Å². The molecule has 2 heterocycles. The minimum absolute atomic E-state index is 0.0650. The van der Waals surface area contributed by atoms with E-state index in [4.69, 9.17) is 9.94 Å². The van der Waals surface area contributed by atoms with Gasteiger partial charge in [0.15, 0.2) is 0 Å². The van der Waals surface area contributed by atoms with Crippen molar-refractivity contribution in [3.8, 4) is 0 Å². The summed E-state index contributed by atoms with van der Waals surface area (Å²) in [5, 5.41) is 11.7. The summed E-state index contributed by atoms with van der Waals surface area (Å²) in [5.41, 5.74) is 2.26. The minimum atomic E-state index is -1.43. The van der Waals surface area contributed by atoms with Crippen LogP contribution in [0.1, 0.15) is 28.8 Å². The van der Waals surface area contributed by atoms with Crippen molar-refractivity contribution in [2.75, 3.05) is 18.5 Å². The number of benzene rings is 1. The monoisotopic (exact) mass is 388 g/mol. The van der Waals surface area contributed by atoms with Gasteiger partial charge in [0.1, 0.15) is 11.5 Å². The average molecular weight is 388 g/mol. The standard InChI is InChI=1S/C19H18F2N4O3/c20-14-9-12(19(21)4-5-19)1-2-15(14)23-17-13(18(27)24-28-8-7-26)3-6-25-11-22-10-16(17)25/h1-3,6,9-11,23,26H,4-5,7-8H2,(H,24,27). The maximum Gasteiger partial charge on any atom is 0.277 e. The maximum atomic E-state index is 14.6. The van der Waals surface area contributed by atoms with E-state index < -0.39 is 17.4 Å². The highest BCUT2D eigenvalue weighted by molar-refractivity contribution is 6.03. The number of halogens is 2. The molecule has 28 heavy (non-hydrogen) atoms. The molecule has 3 N–H and O–H groups in total. The summed E-state index contributed by atoms with van der Waals surface area (Å²) < 4.78 is 30.4. The molecule has 1 aliphatic carbocycles. The molecule has 0 aliphatic heterocycles. The summed E-state index contributed by atoms with van der Waals surface area (Å²) in [6, 6.07) is 5.70. The van der Waals surface area contributed by atoms with E-state index in [9.17, 15) is 13.6 Å². The number of aromatic nitrogens is 2. The third-order valence-electron chi connectivity index (χ3n) is 4.63. The topological polar surface area (TPSA) is 87.9 Å². The number of carbonyl (C=O) groups excluding carboxylic acids is 1. The zero-order valence-electron chi connectivity index (χ0n) is 14.8. The molecule has 0 saturated heterocycles. The van der Waals surface area contributed by atoms with E-state index in [0.29, 0.717) is 29.6 Å². The second kappa shape index (κ2) is 7.17. The van der Waals surface area contributed by atoms with Gasteiger partial charge in [0.05, 0.1) is 48.2 Å². The van der Waals surface area contributed by atoms with Crippen molar-refractivity contribution in [2.45, 2.75) is 18.5 Å². The van der Waals surface area contributed by atoms with Crippen molar-refractivity contribution in [1.82, 2.24) is 14.9 Å². The van der Waals surface area contributed by atoms with Crippen LogP contribution in [0.25, 0.3) is 5.52 Å². The summed E-state index contributed by atoms with van der Waals surface area (Å²) in [5.74, 6) is -1.19. The third kappa shape index (κ3) is 3.41. The van der Waals surface area contributed by atoms with E-state index in [2.05, 4.69) is 15.8 Å². The first kappa shape index (κ1) is 18.3. The van der Waals surface area contributed by atoms with Gasteiger partial charge < -0.3 is 14.8 Å². The number of rotatable bonds is 7. The number of alkyl halides is 1. The van der Waals surface area contributed by atoms with Crippen LogP contribution in [0, 0.1) is 5.82 Å². The van der Waals surface area contributed by atoms with E-state index in [-0.39, 0.29) is 24.5 Å². The number of nitrogens with one attached hydrogen (secondary N) is 2. The number of pyridine rings is 1. The molecule has 7 nitrogen and oxygen atoms in total. The van der Waals surface area contributed by atoms with Crippen LogP contribution in [0.4, 0.5) is 20.2 Å². The molecule has 146 valence electrons. The molecule has 1 aliphatic rings. The van der Waals surface area contributed by atoms with Crippen LogP contribution in [-0.2, 0) is 10.5 Å². The van der Waals surface area contributed by atoms with Gasteiger partial charge in [-0.3, -0.25) is 9.63 Å². The maximum absolute atomic E-state index is 14.6. The van der Waals surface area contributed by atoms with Crippen molar-refractivity contribution < 1.29 is 23.5 Å². The fraction of sp³-hybridized carbons (Fsp3) is 0.263. The molecule has 0 atom stereocenters. The molecule has 1 aromatic carbocycles. The Morgan fingerprint density at radius 2 is 2.18 bits per heavy atom. The van der Waals surface area contributed by atoms with Gasteiger partial charge in [-0.15, -0.1) is 0 Å². The summed E-state index contributed by atoms with van der Waals surface area (Å²) in [4.78, 5) is 21.4. The molecule has 0 spiro atoms. The molecule has 0 bridgehead atoms. The lowest BCUT2D eigenvalue weighted by Gasteiger charge is -2.15. The molecule has 9 heteroatoms. The molecule has 1 fully saturated rings. The van der Waals surface area contributed by atoms with Gasteiger partial charge in [-0.25, -0.2) is 19.2 Å². The van der Waals surface area contributed by atoms with E-state index in [1.54, 1.807) is 23.0 Å². The van der Waals surface area contributed by atoms with E-state index in [0.717, 1.165) is 0 Å². The SMILES string of the molecule is O=C(NOCCO)c1ccn2cncc2c1Nc1ccc(C2(F)CC2)cc1F. The van der Waals surface area contributed by atoms with Crippen molar-refractivity contribution in [1.29, 1.82) is 0 Å². The predicted molar refractivity (Wildman–Crippen MR) is 97.4 cm³/mol. The Morgan fingerprint density at radius 3 is 2.89 bits per heavy atom. The average Bonchev–Trinajstić information content (AvgIpc) is 3.25. The largest absolute Gasteiger partial charge is 0.394 e. The highest BCUT2D eigenvalue weighted by atomic mass is 19.1. The summed E-state index contributed by atoms with van der Waals surface area (Å²) >= 11 is 0. The number of carbonyl (C=O) groups is 1. The Labute approximate surface area is 158 Å². The number of hydrogen-bond acceptors (Lipinski definition) is 5. The van der Waals surface area contributed by atoms with Crippen molar-refractivity contribution in [3.05, 3.63) is 59.9 Å². The zero-order valence-corrected chi connectivity index (χ0v) is 14.8. The minimum Gasteiger partial charge on any atom is -0.394 e. The number of anilines is 2. The highest BCUT2D eigenvalue weighted by Crippen LogP contribution is 2.50. The lowest BCUT2D eigenvalue weighted by molar-refractivity contribution is 0.0169. The molecular formula is C19H18F2N4O3. The highest BCUT2D eigenvalue weighted by Gasteiger charge is 2.45. The van der Waals surface area contributed by atoms with E-state index >= 15 is 0 Å². The second-order valence-electron chi connectivity index (χ2n) is 6.58. The first-order valence-corrected chi connectivity index (χ1v) is 8.75. The molecule has 2 aromatic heterocycles. The summed E-state index contributed by atoms with van der Waals surface area (Å²) in [6.07, 6.45) is 5.50. The number of imidazole rings is 1.